The van der Waals surface area contributed by atoms with Crippen molar-refractivity contribution >= 4 is 14.1 Å². The molecule has 0 aromatic rings. The number of rotatable bonds is 18. The SMILES string of the molecule is CCCC[CH](CCC)[Al]([CH](CCC)CCCC)[CH](CCC)CCCC. The Kier molecular flexibility index (Phi) is 18.3. The molecule has 0 rings (SSSR count). The summed E-state index contributed by atoms with van der Waals surface area (Å²) in [7, 11) is 0. The van der Waals surface area contributed by atoms with Crippen LogP contribution < -0.4 is 0 Å². The Morgan fingerprint density at radius 1 is 0.400 bits per heavy atom. The van der Waals surface area contributed by atoms with Crippen molar-refractivity contribution in [3.63, 3.8) is 0 Å². The predicted octanol–water partition coefficient (Wildman–Crippen LogP) is 9.56. The van der Waals surface area contributed by atoms with E-state index < -0.39 is 14.1 Å². The molecule has 0 radical (unpaired) electrons. The third kappa shape index (κ3) is 11.1. The number of hydrogen-bond acceptors (Lipinski definition) is 0. The van der Waals surface area contributed by atoms with Crippen LogP contribution in [0.5, 0.6) is 0 Å². The average molecular weight is 367 g/mol. The monoisotopic (exact) mass is 366 g/mol. The molecule has 0 aliphatic heterocycles. The topological polar surface area (TPSA) is 0 Å². The molecular formula is C24H51Al. The molecule has 3 atom stereocenters. The van der Waals surface area contributed by atoms with Crippen molar-refractivity contribution in [2.45, 2.75) is 152 Å². The van der Waals surface area contributed by atoms with Crippen molar-refractivity contribution in [1.82, 2.24) is 0 Å². The second kappa shape index (κ2) is 17.9. The Bertz CT molecular complexity index is 220. The Balaban J connectivity index is 5.47. The first kappa shape index (κ1) is 25.5. The van der Waals surface area contributed by atoms with Crippen LogP contribution in [-0.2, 0) is 0 Å². The van der Waals surface area contributed by atoms with Crippen molar-refractivity contribution < 1.29 is 0 Å². The summed E-state index contributed by atoms with van der Waals surface area (Å²) in [5, 5.41) is 0. The van der Waals surface area contributed by atoms with E-state index in [-0.39, 0.29) is 0 Å². The highest BCUT2D eigenvalue weighted by molar-refractivity contribution is 6.63. The molecule has 0 aliphatic rings. The molecule has 0 aromatic heterocycles. The lowest BCUT2D eigenvalue weighted by Crippen LogP contribution is -2.33. The van der Waals surface area contributed by atoms with Crippen molar-refractivity contribution in [2.75, 3.05) is 0 Å². The molecule has 0 heterocycles. The molecule has 0 aliphatic carbocycles. The second-order valence-corrected chi connectivity index (χ2v) is 12.6. The third-order valence-electron chi connectivity index (χ3n) is 6.40. The summed E-state index contributed by atoms with van der Waals surface area (Å²) in [6.07, 6.45) is 22.1. The van der Waals surface area contributed by atoms with E-state index in [0.717, 1.165) is 14.3 Å². The first-order chi connectivity index (χ1) is 12.2. The van der Waals surface area contributed by atoms with Crippen LogP contribution in [0.25, 0.3) is 0 Å². The van der Waals surface area contributed by atoms with Crippen molar-refractivity contribution in [3.8, 4) is 0 Å². The van der Waals surface area contributed by atoms with E-state index in [0.29, 0.717) is 0 Å². The minimum atomic E-state index is -0.726. The maximum atomic E-state index is 2.44. The van der Waals surface area contributed by atoms with Gasteiger partial charge in [-0.05, 0) is 0 Å². The highest BCUT2D eigenvalue weighted by atomic mass is 27.2. The Hall–Kier alpha value is 0.532. The zero-order chi connectivity index (χ0) is 18.9. The zero-order valence-corrected chi connectivity index (χ0v) is 20.1. The van der Waals surface area contributed by atoms with Gasteiger partial charge in [-0.1, -0.05) is 152 Å². The van der Waals surface area contributed by atoms with Crippen LogP contribution in [-0.4, -0.2) is 14.1 Å². The fourth-order valence-electron chi connectivity index (χ4n) is 5.25. The predicted molar refractivity (Wildman–Crippen MR) is 120 cm³/mol. The normalized spacial score (nSPS) is 15.1. The van der Waals surface area contributed by atoms with Crippen molar-refractivity contribution in [2.24, 2.45) is 0 Å². The Morgan fingerprint density at radius 3 is 0.880 bits per heavy atom. The molecule has 0 amide bonds. The van der Waals surface area contributed by atoms with E-state index in [1.807, 2.05) is 0 Å². The average Bonchev–Trinajstić information content (AvgIpc) is 2.62. The van der Waals surface area contributed by atoms with E-state index in [4.69, 9.17) is 0 Å². The van der Waals surface area contributed by atoms with E-state index in [9.17, 15) is 0 Å². The maximum absolute atomic E-state index is 2.44. The van der Waals surface area contributed by atoms with Gasteiger partial charge in [0.15, 0.2) is 0 Å². The van der Waals surface area contributed by atoms with Gasteiger partial charge in [0.25, 0.3) is 14.1 Å². The van der Waals surface area contributed by atoms with Crippen LogP contribution in [0.3, 0.4) is 0 Å². The highest BCUT2D eigenvalue weighted by Gasteiger charge is 2.39. The standard InChI is InChI=1S/3C8H17.Al/c3*1-3-5-7-8-6-4-2;/h3*7H,3-6,8H2,1-2H3;. The van der Waals surface area contributed by atoms with E-state index in [2.05, 4.69) is 41.5 Å². The first-order valence-electron chi connectivity index (χ1n) is 12.2. The van der Waals surface area contributed by atoms with Gasteiger partial charge in [-0.3, -0.25) is 0 Å². The van der Waals surface area contributed by atoms with E-state index in [1.165, 1.54) is 77.0 Å². The van der Waals surface area contributed by atoms with Crippen LogP contribution in [0.2, 0.25) is 14.3 Å². The van der Waals surface area contributed by atoms with Gasteiger partial charge >= 0.3 is 0 Å². The molecule has 0 spiro atoms. The van der Waals surface area contributed by atoms with Gasteiger partial charge in [-0.2, -0.15) is 0 Å². The number of hydrogen-bond donors (Lipinski definition) is 0. The minimum Gasteiger partial charge on any atom is -0.0817 e. The summed E-state index contributed by atoms with van der Waals surface area (Å²) in [5.41, 5.74) is 0. The lowest BCUT2D eigenvalue weighted by molar-refractivity contribution is 0.525. The maximum Gasteiger partial charge on any atom is 0.272 e. The van der Waals surface area contributed by atoms with Gasteiger partial charge in [-0.15, -0.1) is 0 Å². The fraction of sp³-hybridized carbons (Fsp3) is 1.00. The summed E-state index contributed by atoms with van der Waals surface area (Å²) in [6, 6.07) is 0. The van der Waals surface area contributed by atoms with Gasteiger partial charge in [0.1, 0.15) is 0 Å². The highest BCUT2D eigenvalue weighted by Crippen LogP contribution is 2.45. The largest absolute Gasteiger partial charge is 0.272 e. The summed E-state index contributed by atoms with van der Waals surface area (Å²) >= 11 is -0.726. The lowest BCUT2D eigenvalue weighted by atomic mass is 10.1. The minimum absolute atomic E-state index is 0.726. The summed E-state index contributed by atoms with van der Waals surface area (Å²) in [5.74, 6) is 0. The first-order valence-corrected chi connectivity index (χ1v) is 14.2. The molecule has 1 heteroatoms. The molecule has 3 unspecified atom stereocenters. The molecule has 0 nitrogen and oxygen atoms in total. The molecule has 150 valence electrons. The summed E-state index contributed by atoms with van der Waals surface area (Å²) in [4.78, 5) is 0. The van der Waals surface area contributed by atoms with Gasteiger partial charge in [0.2, 0.25) is 0 Å². The summed E-state index contributed by atoms with van der Waals surface area (Å²) < 4.78 is 3.39. The van der Waals surface area contributed by atoms with Crippen LogP contribution >= 0.6 is 0 Å². The molecule has 0 bridgehead atoms. The van der Waals surface area contributed by atoms with Crippen molar-refractivity contribution in [1.29, 1.82) is 0 Å². The smallest absolute Gasteiger partial charge is 0.0817 e. The van der Waals surface area contributed by atoms with Crippen LogP contribution in [0.15, 0.2) is 0 Å². The molecule has 0 fully saturated rings. The van der Waals surface area contributed by atoms with Crippen LogP contribution in [0.1, 0.15) is 138 Å². The van der Waals surface area contributed by atoms with Crippen LogP contribution in [0.4, 0.5) is 0 Å². The van der Waals surface area contributed by atoms with Crippen molar-refractivity contribution in [3.05, 3.63) is 0 Å². The van der Waals surface area contributed by atoms with E-state index >= 15 is 0 Å². The molecular weight excluding hydrogens is 315 g/mol. The molecule has 0 saturated heterocycles. The van der Waals surface area contributed by atoms with Gasteiger partial charge in [0.05, 0.1) is 0 Å². The quantitative estimate of drug-likeness (QED) is 0.212. The van der Waals surface area contributed by atoms with Gasteiger partial charge in [-0.25, -0.2) is 0 Å². The molecule has 0 aromatic carbocycles. The summed E-state index contributed by atoms with van der Waals surface area (Å²) in [6.45, 7) is 14.5. The number of unbranched alkanes of at least 4 members (excludes halogenated alkanes) is 3. The second-order valence-electron chi connectivity index (χ2n) is 8.65. The molecule has 0 N–H and O–H groups in total. The zero-order valence-electron chi connectivity index (χ0n) is 18.9. The molecule has 25 heavy (non-hydrogen) atoms. The Labute approximate surface area is 166 Å². The van der Waals surface area contributed by atoms with E-state index in [1.54, 1.807) is 19.3 Å². The van der Waals surface area contributed by atoms with Gasteiger partial charge < -0.3 is 0 Å². The third-order valence-corrected chi connectivity index (χ3v) is 11.7. The fourth-order valence-corrected chi connectivity index (χ4v) is 11.6. The van der Waals surface area contributed by atoms with Gasteiger partial charge in [0, 0.05) is 0 Å². The molecule has 0 saturated carbocycles. The lowest BCUT2D eigenvalue weighted by Gasteiger charge is -2.36. The van der Waals surface area contributed by atoms with Crippen LogP contribution in [0, 0.1) is 0 Å². The Morgan fingerprint density at radius 2 is 0.680 bits per heavy atom.